The van der Waals surface area contributed by atoms with Crippen molar-refractivity contribution in [2.75, 3.05) is 35.6 Å². The van der Waals surface area contributed by atoms with Crippen molar-refractivity contribution >= 4 is 21.7 Å². The zero-order chi connectivity index (χ0) is 24.5. The molecule has 3 aromatic rings. The minimum absolute atomic E-state index is 0.0330. The monoisotopic (exact) mass is 485 g/mol. The van der Waals surface area contributed by atoms with Crippen molar-refractivity contribution in [3.8, 4) is 11.5 Å². The van der Waals surface area contributed by atoms with E-state index < -0.39 is 16.1 Å². The predicted octanol–water partition coefficient (Wildman–Crippen LogP) is 2.65. The Hall–Kier alpha value is -3.05. The number of anilines is 2. The maximum Gasteiger partial charge on any atom is 0.248 e. The van der Waals surface area contributed by atoms with Gasteiger partial charge in [0.15, 0.2) is 0 Å². The summed E-state index contributed by atoms with van der Waals surface area (Å²) in [6, 6.07) is 6.79. The fourth-order valence-electron chi connectivity index (χ4n) is 3.78. The van der Waals surface area contributed by atoms with Gasteiger partial charge in [-0.15, -0.1) is 10.2 Å². The van der Waals surface area contributed by atoms with Crippen LogP contribution in [-0.2, 0) is 16.4 Å². The number of nitrogens with zero attached hydrogens (tertiary/aromatic N) is 6. The Bertz CT molecular complexity index is 1230. The molecule has 182 valence electrons. The number of hydrogen-bond donors (Lipinski definition) is 1. The first-order chi connectivity index (χ1) is 16.2. The van der Waals surface area contributed by atoms with Gasteiger partial charge < -0.3 is 15.1 Å². The van der Waals surface area contributed by atoms with Crippen molar-refractivity contribution in [2.45, 2.75) is 32.7 Å². The number of nitrogens with two attached hydrogens (primary N) is 1. The van der Waals surface area contributed by atoms with Gasteiger partial charge in [0, 0.05) is 38.6 Å². The summed E-state index contributed by atoms with van der Waals surface area (Å²) in [6.45, 7) is 4.67. The average molecular weight is 486 g/mol. The molecule has 0 radical (unpaired) electrons. The lowest BCUT2D eigenvalue weighted by Crippen LogP contribution is -2.30. The van der Waals surface area contributed by atoms with Crippen LogP contribution < -0.4 is 14.9 Å². The zero-order valence-corrected chi connectivity index (χ0v) is 20.7. The molecular formula is C23H31N7O3S. The van der Waals surface area contributed by atoms with E-state index >= 15 is 0 Å². The molecular weight excluding hydrogens is 454 g/mol. The van der Waals surface area contributed by atoms with Gasteiger partial charge in [-0.05, 0) is 61.4 Å². The molecule has 1 aliphatic carbocycles. The molecule has 1 aliphatic rings. The molecule has 10 nitrogen and oxygen atoms in total. The second-order valence-electron chi connectivity index (χ2n) is 8.91. The van der Waals surface area contributed by atoms with Gasteiger partial charge in [-0.1, -0.05) is 6.92 Å². The van der Waals surface area contributed by atoms with Crippen molar-refractivity contribution in [3.05, 3.63) is 48.1 Å². The predicted molar refractivity (Wildman–Crippen MR) is 131 cm³/mol. The Kier molecular flexibility index (Phi) is 6.85. The largest absolute Gasteiger partial charge is 0.419 e. The van der Waals surface area contributed by atoms with Crippen LogP contribution in [0.4, 0.5) is 11.6 Å². The Balaban J connectivity index is 1.65. The molecule has 4 rings (SSSR count). The lowest BCUT2D eigenvalue weighted by molar-refractivity contribution is 0.457. The normalized spacial score (nSPS) is 18.5. The van der Waals surface area contributed by atoms with Gasteiger partial charge in [0.05, 0.1) is 11.8 Å². The van der Waals surface area contributed by atoms with Crippen LogP contribution in [0.15, 0.2) is 41.1 Å². The Labute approximate surface area is 200 Å². The number of pyridine rings is 2. The highest BCUT2D eigenvalue weighted by Crippen LogP contribution is 2.39. The molecule has 34 heavy (non-hydrogen) atoms. The molecule has 11 heteroatoms. The van der Waals surface area contributed by atoms with Crippen molar-refractivity contribution < 1.29 is 12.8 Å². The quantitative estimate of drug-likeness (QED) is 0.460. The second kappa shape index (κ2) is 9.67. The van der Waals surface area contributed by atoms with Gasteiger partial charge in [0.1, 0.15) is 11.6 Å². The van der Waals surface area contributed by atoms with Gasteiger partial charge in [-0.3, -0.25) is 9.29 Å². The highest BCUT2D eigenvalue weighted by Gasteiger charge is 2.33. The summed E-state index contributed by atoms with van der Waals surface area (Å²) in [7, 11) is -0.0354. The van der Waals surface area contributed by atoms with Crippen LogP contribution in [0, 0.1) is 11.8 Å². The molecule has 0 aromatic carbocycles. The van der Waals surface area contributed by atoms with Crippen LogP contribution in [0.1, 0.15) is 37.8 Å². The third-order valence-electron chi connectivity index (χ3n) is 6.29. The molecule has 0 bridgehead atoms. The molecule has 3 aromatic heterocycles. The number of sulfonamides is 1. The van der Waals surface area contributed by atoms with Gasteiger partial charge in [0.2, 0.25) is 21.8 Å². The molecule has 0 amide bonds. The van der Waals surface area contributed by atoms with E-state index in [1.165, 1.54) is 17.8 Å². The molecule has 3 unspecified atom stereocenters. The lowest BCUT2D eigenvalue weighted by atomic mass is 10.1. The zero-order valence-electron chi connectivity index (χ0n) is 19.9. The minimum Gasteiger partial charge on any atom is -0.419 e. The Morgan fingerprint density at radius 3 is 2.50 bits per heavy atom. The van der Waals surface area contributed by atoms with Crippen LogP contribution in [0.5, 0.6) is 0 Å². The Morgan fingerprint density at radius 2 is 1.85 bits per heavy atom. The molecule has 2 N–H and O–H groups in total. The van der Waals surface area contributed by atoms with E-state index in [9.17, 15) is 8.42 Å². The maximum atomic E-state index is 12.5. The molecule has 3 atom stereocenters. The lowest BCUT2D eigenvalue weighted by Gasteiger charge is -2.23. The van der Waals surface area contributed by atoms with Gasteiger partial charge in [-0.25, -0.2) is 13.4 Å². The highest BCUT2D eigenvalue weighted by molar-refractivity contribution is 7.92. The summed E-state index contributed by atoms with van der Waals surface area (Å²) in [4.78, 5) is 10.7. The summed E-state index contributed by atoms with van der Waals surface area (Å²) in [5, 5.41) is 8.34. The van der Waals surface area contributed by atoms with Crippen LogP contribution in [-0.4, -0.2) is 55.0 Å². The molecule has 3 heterocycles. The van der Waals surface area contributed by atoms with E-state index in [1.54, 1.807) is 25.4 Å². The summed E-state index contributed by atoms with van der Waals surface area (Å²) in [6.07, 6.45) is 5.13. The standard InChI is InChI=1S/C23H31N7O3S/c1-5-34(31,32)30(4)21-13-17(12-20(26-21)29(3)14-18-10-15(18)2)22-27-28-23(33-22)19(24)11-16-6-8-25-9-7-16/h6-9,12-13,15,18-19H,5,10-11,14,24H2,1-4H3. The highest BCUT2D eigenvalue weighted by atomic mass is 32.2. The van der Waals surface area contributed by atoms with Gasteiger partial charge in [-0.2, -0.15) is 0 Å². The maximum absolute atomic E-state index is 12.5. The van der Waals surface area contributed by atoms with Gasteiger partial charge >= 0.3 is 0 Å². The molecule has 1 fully saturated rings. The SMILES string of the molecule is CCS(=O)(=O)N(C)c1cc(-c2nnc(C(N)Cc3ccncc3)o2)cc(N(C)CC2CC2C)n1. The van der Waals surface area contributed by atoms with E-state index in [4.69, 9.17) is 10.2 Å². The molecule has 0 aliphatic heterocycles. The van der Waals surface area contributed by atoms with Crippen molar-refractivity contribution in [1.29, 1.82) is 0 Å². The number of hydrogen-bond acceptors (Lipinski definition) is 9. The van der Waals surface area contributed by atoms with E-state index in [-0.39, 0.29) is 11.6 Å². The van der Waals surface area contributed by atoms with Crippen LogP contribution >= 0.6 is 0 Å². The molecule has 1 saturated carbocycles. The third kappa shape index (κ3) is 5.36. The fraction of sp³-hybridized carbons (Fsp3) is 0.478. The third-order valence-corrected chi connectivity index (χ3v) is 8.04. The summed E-state index contributed by atoms with van der Waals surface area (Å²) >= 11 is 0. The summed E-state index contributed by atoms with van der Waals surface area (Å²) in [5.74, 6) is 2.78. The smallest absolute Gasteiger partial charge is 0.248 e. The minimum atomic E-state index is -3.49. The van der Waals surface area contributed by atoms with Crippen LogP contribution in [0.25, 0.3) is 11.5 Å². The molecule has 0 spiro atoms. The second-order valence-corrected chi connectivity index (χ2v) is 11.2. The van der Waals surface area contributed by atoms with Crippen LogP contribution in [0.3, 0.4) is 0 Å². The Morgan fingerprint density at radius 1 is 1.18 bits per heavy atom. The molecule has 0 saturated heterocycles. The first-order valence-corrected chi connectivity index (χ1v) is 13.0. The van der Waals surface area contributed by atoms with Crippen molar-refractivity contribution in [3.63, 3.8) is 0 Å². The summed E-state index contributed by atoms with van der Waals surface area (Å²) < 4.78 is 32.2. The number of aromatic nitrogens is 4. The van der Waals surface area contributed by atoms with E-state index in [0.29, 0.717) is 41.3 Å². The first kappa shape index (κ1) is 24.1. The summed E-state index contributed by atoms with van der Waals surface area (Å²) in [5.41, 5.74) is 7.90. The average Bonchev–Trinajstić information content (AvgIpc) is 3.31. The van der Waals surface area contributed by atoms with Crippen LogP contribution in [0.2, 0.25) is 0 Å². The fourth-order valence-corrected chi connectivity index (χ4v) is 4.54. The van der Waals surface area contributed by atoms with Crippen molar-refractivity contribution in [2.24, 2.45) is 17.6 Å². The van der Waals surface area contributed by atoms with Gasteiger partial charge in [0.25, 0.3) is 0 Å². The van der Waals surface area contributed by atoms with E-state index in [0.717, 1.165) is 12.1 Å². The first-order valence-electron chi connectivity index (χ1n) is 11.4. The van der Waals surface area contributed by atoms with Crippen molar-refractivity contribution in [1.82, 2.24) is 20.2 Å². The van der Waals surface area contributed by atoms with E-state index in [1.807, 2.05) is 30.1 Å². The topological polar surface area (TPSA) is 131 Å². The van der Waals surface area contributed by atoms with E-state index in [2.05, 4.69) is 27.1 Å². The number of rotatable bonds is 10.